The minimum absolute atomic E-state index is 0.0856. The Balaban J connectivity index is 1.61. The van der Waals surface area contributed by atoms with Crippen LogP contribution in [0.5, 0.6) is 5.88 Å². The number of anilines is 1. The van der Waals surface area contributed by atoms with Gasteiger partial charge in [0.2, 0.25) is 5.88 Å². The molecule has 1 aromatic rings. The van der Waals surface area contributed by atoms with Gasteiger partial charge in [-0.15, -0.1) is 0 Å². The highest BCUT2D eigenvalue weighted by Gasteiger charge is 2.24. The Morgan fingerprint density at radius 3 is 2.83 bits per heavy atom. The summed E-state index contributed by atoms with van der Waals surface area (Å²) in [6, 6.07) is 4.09. The molecule has 1 N–H and O–H groups in total. The number of rotatable bonds is 2. The van der Waals surface area contributed by atoms with Crippen molar-refractivity contribution in [2.75, 3.05) is 44.2 Å². The Hall–Kier alpha value is -2.02. The van der Waals surface area contributed by atoms with Crippen LogP contribution in [0.3, 0.4) is 0 Å². The van der Waals surface area contributed by atoms with Crippen LogP contribution in [0.25, 0.3) is 0 Å². The SMILES string of the molecule is CC(C)OC(=O)N1CCN(c2ccc3c(n2)OCCNC3)CC1. The fourth-order valence-corrected chi connectivity index (χ4v) is 2.73. The molecule has 0 atom stereocenters. The van der Waals surface area contributed by atoms with Crippen LogP contribution >= 0.6 is 0 Å². The zero-order chi connectivity index (χ0) is 16.2. The molecule has 0 saturated carbocycles. The third kappa shape index (κ3) is 3.85. The van der Waals surface area contributed by atoms with Crippen molar-refractivity contribution in [3.8, 4) is 5.88 Å². The second-order valence-corrected chi connectivity index (χ2v) is 6.07. The van der Waals surface area contributed by atoms with E-state index in [2.05, 4.69) is 21.3 Å². The van der Waals surface area contributed by atoms with Crippen LogP contribution in [0, 0.1) is 0 Å². The average molecular weight is 320 g/mol. The number of hydrogen-bond acceptors (Lipinski definition) is 6. The maximum atomic E-state index is 11.9. The molecule has 2 aliphatic heterocycles. The van der Waals surface area contributed by atoms with E-state index in [1.165, 1.54) is 0 Å². The summed E-state index contributed by atoms with van der Waals surface area (Å²) >= 11 is 0. The minimum Gasteiger partial charge on any atom is -0.476 e. The zero-order valence-corrected chi connectivity index (χ0v) is 13.7. The van der Waals surface area contributed by atoms with Crippen LogP contribution in [0.1, 0.15) is 19.4 Å². The summed E-state index contributed by atoms with van der Waals surface area (Å²) in [5, 5.41) is 3.30. The van der Waals surface area contributed by atoms with Gasteiger partial charge in [-0.25, -0.2) is 4.79 Å². The number of carbonyl (C=O) groups excluding carboxylic acids is 1. The van der Waals surface area contributed by atoms with Gasteiger partial charge in [0.05, 0.1) is 6.10 Å². The number of piperazine rings is 1. The van der Waals surface area contributed by atoms with E-state index < -0.39 is 0 Å². The second-order valence-electron chi connectivity index (χ2n) is 6.07. The number of carbonyl (C=O) groups is 1. The van der Waals surface area contributed by atoms with Crippen molar-refractivity contribution in [2.24, 2.45) is 0 Å². The van der Waals surface area contributed by atoms with Crippen molar-refractivity contribution in [3.63, 3.8) is 0 Å². The maximum absolute atomic E-state index is 11.9. The highest BCUT2D eigenvalue weighted by atomic mass is 16.6. The van der Waals surface area contributed by atoms with E-state index in [0.717, 1.165) is 37.6 Å². The largest absolute Gasteiger partial charge is 0.476 e. The topological polar surface area (TPSA) is 66.9 Å². The number of nitrogens with one attached hydrogen (secondary N) is 1. The van der Waals surface area contributed by atoms with Gasteiger partial charge in [-0.2, -0.15) is 4.98 Å². The number of aromatic nitrogens is 1. The second kappa shape index (κ2) is 7.04. The fourth-order valence-electron chi connectivity index (χ4n) is 2.73. The summed E-state index contributed by atoms with van der Waals surface area (Å²) in [4.78, 5) is 20.5. The molecule has 0 radical (unpaired) electrons. The number of fused-ring (bicyclic) bond motifs is 1. The first-order valence-corrected chi connectivity index (χ1v) is 8.17. The lowest BCUT2D eigenvalue weighted by Crippen LogP contribution is -2.49. The van der Waals surface area contributed by atoms with Crippen molar-refractivity contribution in [1.82, 2.24) is 15.2 Å². The first-order valence-electron chi connectivity index (χ1n) is 8.17. The van der Waals surface area contributed by atoms with E-state index >= 15 is 0 Å². The molecule has 0 unspecified atom stereocenters. The highest BCUT2D eigenvalue weighted by Crippen LogP contribution is 2.23. The van der Waals surface area contributed by atoms with Crippen molar-refractivity contribution in [2.45, 2.75) is 26.5 Å². The van der Waals surface area contributed by atoms with Gasteiger partial charge in [0.1, 0.15) is 12.4 Å². The Morgan fingerprint density at radius 2 is 2.09 bits per heavy atom. The van der Waals surface area contributed by atoms with E-state index in [1.54, 1.807) is 4.90 Å². The van der Waals surface area contributed by atoms with Crippen LogP contribution in [0.2, 0.25) is 0 Å². The molecular weight excluding hydrogens is 296 g/mol. The number of pyridine rings is 1. The fraction of sp³-hybridized carbons (Fsp3) is 0.625. The van der Waals surface area contributed by atoms with Gasteiger partial charge in [-0.3, -0.25) is 0 Å². The van der Waals surface area contributed by atoms with Crippen molar-refractivity contribution < 1.29 is 14.3 Å². The molecule has 1 fully saturated rings. The zero-order valence-electron chi connectivity index (χ0n) is 13.7. The van der Waals surface area contributed by atoms with Crippen molar-refractivity contribution in [3.05, 3.63) is 17.7 Å². The van der Waals surface area contributed by atoms with Gasteiger partial charge in [0.15, 0.2) is 0 Å². The monoisotopic (exact) mass is 320 g/mol. The lowest BCUT2D eigenvalue weighted by molar-refractivity contribution is 0.0751. The molecule has 3 rings (SSSR count). The molecule has 7 nitrogen and oxygen atoms in total. The van der Waals surface area contributed by atoms with Gasteiger partial charge in [0, 0.05) is 44.8 Å². The molecule has 2 aliphatic rings. The minimum atomic E-state index is -0.232. The molecule has 23 heavy (non-hydrogen) atoms. The average Bonchev–Trinajstić information content (AvgIpc) is 2.79. The Bertz CT molecular complexity index is 556. The summed E-state index contributed by atoms with van der Waals surface area (Å²) in [6.45, 7) is 8.77. The molecule has 0 bridgehead atoms. The summed E-state index contributed by atoms with van der Waals surface area (Å²) < 4.78 is 10.9. The van der Waals surface area contributed by atoms with E-state index in [0.29, 0.717) is 25.6 Å². The molecule has 7 heteroatoms. The predicted molar refractivity (Wildman–Crippen MR) is 86.8 cm³/mol. The number of ether oxygens (including phenoxy) is 2. The van der Waals surface area contributed by atoms with Crippen molar-refractivity contribution >= 4 is 11.9 Å². The predicted octanol–water partition coefficient (Wildman–Crippen LogP) is 1.23. The van der Waals surface area contributed by atoms with Gasteiger partial charge in [-0.05, 0) is 26.0 Å². The molecule has 1 aromatic heterocycles. The van der Waals surface area contributed by atoms with Crippen LogP contribution in [-0.4, -0.2) is 61.4 Å². The quantitative estimate of drug-likeness (QED) is 0.884. The summed E-state index contributed by atoms with van der Waals surface area (Å²) in [7, 11) is 0. The van der Waals surface area contributed by atoms with Gasteiger partial charge < -0.3 is 24.6 Å². The molecule has 0 spiro atoms. The Morgan fingerprint density at radius 1 is 1.30 bits per heavy atom. The molecule has 1 amide bonds. The van der Waals surface area contributed by atoms with E-state index in [9.17, 15) is 4.79 Å². The third-order valence-corrected chi connectivity index (χ3v) is 3.96. The van der Waals surface area contributed by atoms with E-state index in [1.807, 2.05) is 19.9 Å². The Labute approximate surface area is 136 Å². The number of amides is 1. The van der Waals surface area contributed by atoms with Gasteiger partial charge in [-0.1, -0.05) is 0 Å². The van der Waals surface area contributed by atoms with Gasteiger partial charge in [0.25, 0.3) is 0 Å². The number of nitrogens with zero attached hydrogens (tertiary/aromatic N) is 3. The first kappa shape index (κ1) is 15.9. The molecular formula is C16H24N4O3. The summed E-state index contributed by atoms with van der Waals surface area (Å²) in [5.74, 6) is 1.62. The standard InChI is InChI=1S/C16H24N4O3/c1-12(2)23-16(21)20-8-6-19(7-9-20)14-4-3-13-11-17-5-10-22-15(13)18-14/h3-4,12,17H,5-11H2,1-2H3. The summed E-state index contributed by atoms with van der Waals surface area (Å²) in [6.07, 6.45) is -0.318. The molecule has 3 heterocycles. The van der Waals surface area contributed by atoms with Crippen molar-refractivity contribution in [1.29, 1.82) is 0 Å². The first-order chi connectivity index (χ1) is 11.1. The van der Waals surface area contributed by atoms with E-state index in [4.69, 9.17) is 9.47 Å². The highest BCUT2D eigenvalue weighted by molar-refractivity contribution is 5.68. The number of hydrogen-bond donors (Lipinski definition) is 1. The van der Waals surface area contributed by atoms with Crippen LogP contribution in [0.4, 0.5) is 10.6 Å². The lowest BCUT2D eigenvalue weighted by Gasteiger charge is -2.35. The molecule has 1 saturated heterocycles. The normalized spacial score (nSPS) is 18.2. The Kier molecular flexibility index (Phi) is 4.85. The smallest absolute Gasteiger partial charge is 0.410 e. The van der Waals surface area contributed by atoms with Crippen LogP contribution in [0.15, 0.2) is 12.1 Å². The third-order valence-electron chi connectivity index (χ3n) is 3.96. The molecule has 126 valence electrons. The van der Waals surface area contributed by atoms with Gasteiger partial charge >= 0.3 is 6.09 Å². The lowest BCUT2D eigenvalue weighted by atomic mass is 10.2. The molecule has 0 aliphatic carbocycles. The van der Waals surface area contributed by atoms with Crippen LogP contribution in [-0.2, 0) is 11.3 Å². The maximum Gasteiger partial charge on any atom is 0.410 e. The molecule has 0 aromatic carbocycles. The van der Waals surface area contributed by atoms with Crippen LogP contribution < -0.4 is 15.0 Å². The summed E-state index contributed by atoms with van der Waals surface area (Å²) in [5.41, 5.74) is 1.09. The van der Waals surface area contributed by atoms with E-state index in [-0.39, 0.29) is 12.2 Å².